The van der Waals surface area contributed by atoms with Crippen molar-refractivity contribution < 1.29 is 18.8 Å². The lowest BCUT2D eigenvalue weighted by molar-refractivity contribution is -0.862. The van der Waals surface area contributed by atoms with E-state index in [2.05, 4.69) is 0 Å². The summed E-state index contributed by atoms with van der Waals surface area (Å²) in [5, 5.41) is 0. The van der Waals surface area contributed by atoms with Gasteiger partial charge >= 0.3 is 5.97 Å². The summed E-state index contributed by atoms with van der Waals surface area (Å²) >= 11 is 0. The fourth-order valence-corrected chi connectivity index (χ4v) is 0.865. The van der Waals surface area contributed by atoms with E-state index in [-0.39, 0.29) is 24.9 Å². The van der Waals surface area contributed by atoms with Gasteiger partial charge in [-0.25, -0.2) is 4.79 Å². The fraction of sp³-hybridized carbons (Fsp3) is 0.778. The molecule has 0 aliphatic carbocycles. The van der Waals surface area contributed by atoms with E-state index in [0.717, 1.165) is 0 Å². The summed E-state index contributed by atoms with van der Waals surface area (Å²) in [6.07, 6.45) is 0.760. The molecular formula is C9H19N2O3+. The van der Waals surface area contributed by atoms with Crippen molar-refractivity contribution in [2.24, 2.45) is 5.73 Å². The molecule has 0 fully saturated rings. The fourth-order valence-electron chi connectivity index (χ4n) is 0.865. The number of hydrogen-bond donors (Lipinski definition) is 1. The van der Waals surface area contributed by atoms with Gasteiger partial charge in [0.25, 0.3) is 0 Å². The number of quaternary nitrogens is 1. The number of ether oxygens (including phenoxy) is 1. The lowest BCUT2D eigenvalue weighted by Crippen LogP contribution is -2.40. The Bertz CT molecular complexity index is 209. The smallest absolute Gasteiger partial charge is 0.361 e. The van der Waals surface area contributed by atoms with Gasteiger partial charge in [0.15, 0.2) is 6.54 Å². The summed E-state index contributed by atoms with van der Waals surface area (Å²) in [5.74, 6) is -0.616. The monoisotopic (exact) mass is 203 g/mol. The Balaban J connectivity index is 3.50. The molecule has 2 N–H and O–H groups in total. The third-order valence-corrected chi connectivity index (χ3v) is 1.43. The molecular weight excluding hydrogens is 184 g/mol. The van der Waals surface area contributed by atoms with Gasteiger partial charge in [-0.3, -0.25) is 4.79 Å². The standard InChI is InChI=1S/C9H18N2O3/c1-11(2,3)7-9(13)14-6-4-5-8(10)12/h4-7H2,1-3H3,(H-,10,12)/p+1. The second-order valence-electron chi connectivity index (χ2n) is 4.24. The van der Waals surface area contributed by atoms with Crippen LogP contribution in [0, 0.1) is 0 Å². The predicted molar refractivity (Wildman–Crippen MR) is 52.3 cm³/mol. The van der Waals surface area contributed by atoms with Crippen molar-refractivity contribution in [2.75, 3.05) is 34.3 Å². The van der Waals surface area contributed by atoms with Crippen LogP contribution in [0.4, 0.5) is 0 Å². The third-order valence-electron chi connectivity index (χ3n) is 1.43. The average Bonchev–Trinajstić information content (AvgIpc) is 1.94. The van der Waals surface area contributed by atoms with E-state index in [1.165, 1.54) is 0 Å². The van der Waals surface area contributed by atoms with E-state index in [0.29, 0.717) is 17.4 Å². The van der Waals surface area contributed by atoms with Crippen molar-refractivity contribution >= 4 is 11.9 Å². The SMILES string of the molecule is C[N+](C)(C)CC(=O)OCCCC(N)=O. The Morgan fingerprint density at radius 3 is 2.29 bits per heavy atom. The van der Waals surface area contributed by atoms with Crippen molar-refractivity contribution in [1.82, 2.24) is 0 Å². The van der Waals surface area contributed by atoms with E-state index < -0.39 is 0 Å². The number of nitrogens with two attached hydrogens (primary N) is 1. The van der Waals surface area contributed by atoms with Gasteiger partial charge in [0.1, 0.15) is 0 Å². The van der Waals surface area contributed by atoms with Crippen LogP contribution in [0.5, 0.6) is 0 Å². The highest BCUT2D eigenvalue weighted by Crippen LogP contribution is 1.94. The van der Waals surface area contributed by atoms with Crippen molar-refractivity contribution in [3.8, 4) is 0 Å². The minimum absolute atomic E-state index is 0.248. The van der Waals surface area contributed by atoms with E-state index in [4.69, 9.17) is 10.5 Å². The van der Waals surface area contributed by atoms with Gasteiger partial charge in [0.05, 0.1) is 27.7 Å². The van der Waals surface area contributed by atoms with E-state index in [1.807, 2.05) is 21.1 Å². The third kappa shape index (κ3) is 8.99. The predicted octanol–water partition coefficient (Wildman–Crippen LogP) is -0.499. The summed E-state index contributed by atoms with van der Waals surface area (Å²) in [6, 6.07) is 0. The molecule has 0 saturated carbocycles. The van der Waals surface area contributed by atoms with Crippen molar-refractivity contribution in [3.05, 3.63) is 0 Å². The zero-order valence-electron chi connectivity index (χ0n) is 9.08. The highest BCUT2D eigenvalue weighted by Gasteiger charge is 2.15. The van der Waals surface area contributed by atoms with Crippen LogP contribution < -0.4 is 5.73 Å². The molecule has 0 saturated heterocycles. The quantitative estimate of drug-likeness (QED) is 0.359. The number of carbonyl (C=O) groups excluding carboxylic acids is 2. The molecule has 0 aliphatic heterocycles. The van der Waals surface area contributed by atoms with Gasteiger partial charge in [-0.1, -0.05) is 0 Å². The van der Waals surface area contributed by atoms with Gasteiger partial charge in [-0.15, -0.1) is 0 Å². The summed E-state index contributed by atoms with van der Waals surface area (Å²) in [7, 11) is 5.72. The van der Waals surface area contributed by atoms with Crippen molar-refractivity contribution in [3.63, 3.8) is 0 Å². The number of nitrogens with zero attached hydrogens (tertiary/aromatic N) is 1. The Kier molecular flexibility index (Phi) is 5.15. The molecule has 82 valence electrons. The minimum atomic E-state index is -0.368. The molecule has 0 spiro atoms. The normalized spacial score (nSPS) is 11.1. The number of hydrogen-bond acceptors (Lipinski definition) is 3. The minimum Gasteiger partial charge on any atom is -0.462 e. The van der Waals surface area contributed by atoms with E-state index in [9.17, 15) is 9.59 Å². The molecule has 1 amide bonds. The second kappa shape index (κ2) is 5.59. The summed E-state index contributed by atoms with van der Waals surface area (Å²) in [6.45, 7) is 0.596. The number of rotatable bonds is 6. The maximum atomic E-state index is 11.1. The van der Waals surface area contributed by atoms with Crippen LogP contribution in [0.3, 0.4) is 0 Å². The number of carbonyl (C=O) groups is 2. The van der Waals surface area contributed by atoms with Crippen LogP contribution in [0.15, 0.2) is 0 Å². The number of esters is 1. The molecule has 0 aliphatic rings. The molecule has 14 heavy (non-hydrogen) atoms. The van der Waals surface area contributed by atoms with E-state index >= 15 is 0 Å². The Labute approximate surface area is 84.4 Å². The molecule has 0 aromatic rings. The first-order valence-electron chi connectivity index (χ1n) is 4.55. The molecule has 0 rings (SSSR count). The zero-order valence-corrected chi connectivity index (χ0v) is 9.08. The molecule has 0 aromatic heterocycles. The molecule has 0 aromatic carbocycles. The summed E-state index contributed by atoms with van der Waals surface area (Å²) < 4.78 is 5.44. The molecule has 0 radical (unpaired) electrons. The topological polar surface area (TPSA) is 69.4 Å². The van der Waals surface area contributed by atoms with Crippen LogP contribution in [0.2, 0.25) is 0 Å². The largest absolute Gasteiger partial charge is 0.462 e. The number of primary amides is 1. The maximum Gasteiger partial charge on any atom is 0.361 e. The van der Waals surface area contributed by atoms with Crippen LogP contribution in [-0.4, -0.2) is 50.7 Å². The van der Waals surface area contributed by atoms with Gasteiger partial charge in [-0.2, -0.15) is 0 Å². The second-order valence-corrected chi connectivity index (χ2v) is 4.24. The van der Waals surface area contributed by atoms with Crippen LogP contribution in [-0.2, 0) is 14.3 Å². The lowest BCUT2D eigenvalue weighted by atomic mass is 10.3. The van der Waals surface area contributed by atoms with Gasteiger partial charge in [0.2, 0.25) is 5.91 Å². The Morgan fingerprint density at radius 2 is 1.86 bits per heavy atom. The zero-order chi connectivity index (χ0) is 11.2. The first-order valence-corrected chi connectivity index (χ1v) is 4.55. The Morgan fingerprint density at radius 1 is 1.29 bits per heavy atom. The van der Waals surface area contributed by atoms with Crippen LogP contribution >= 0.6 is 0 Å². The molecule has 0 bridgehead atoms. The van der Waals surface area contributed by atoms with Gasteiger partial charge in [0, 0.05) is 6.42 Å². The van der Waals surface area contributed by atoms with E-state index in [1.54, 1.807) is 0 Å². The lowest BCUT2D eigenvalue weighted by Gasteiger charge is -2.22. The molecule has 0 heterocycles. The molecule has 5 heteroatoms. The Hall–Kier alpha value is -1.10. The average molecular weight is 203 g/mol. The van der Waals surface area contributed by atoms with Crippen molar-refractivity contribution in [2.45, 2.75) is 12.8 Å². The van der Waals surface area contributed by atoms with Crippen molar-refractivity contribution in [1.29, 1.82) is 0 Å². The van der Waals surface area contributed by atoms with Gasteiger partial charge < -0.3 is 15.0 Å². The first kappa shape index (κ1) is 12.9. The molecule has 5 nitrogen and oxygen atoms in total. The molecule has 0 unspecified atom stereocenters. The number of amides is 1. The summed E-state index contributed by atoms with van der Waals surface area (Å²) in [5.41, 5.74) is 4.93. The summed E-state index contributed by atoms with van der Waals surface area (Å²) in [4.78, 5) is 21.5. The highest BCUT2D eigenvalue weighted by atomic mass is 16.5. The van der Waals surface area contributed by atoms with Gasteiger partial charge in [-0.05, 0) is 6.42 Å². The van der Waals surface area contributed by atoms with Crippen LogP contribution in [0.25, 0.3) is 0 Å². The van der Waals surface area contributed by atoms with Crippen LogP contribution in [0.1, 0.15) is 12.8 Å². The first-order chi connectivity index (χ1) is 6.31. The maximum absolute atomic E-state index is 11.1. The molecule has 0 atom stereocenters. The number of likely N-dealkylation sites (N-methyl/N-ethyl adjacent to an activating group) is 1. The highest BCUT2D eigenvalue weighted by molar-refractivity contribution is 5.73.